The quantitative estimate of drug-likeness (QED) is 0.315. The number of aliphatic hydroxyl groups excluding tert-OH is 3. The van der Waals surface area contributed by atoms with Crippen molar-refractivity contribution in [3.05, 3.63) is 12.2 Å². The number of thiol groups is 1. The van der Waals surface area contributed by atoms with Crippen LogP contribution in [0.4, 0.5) is 0 Å². The standard InChI is InChI=1S/C12H22O5S/c1-2-3-4-5-6-16-11-10(15)9(14)8(7-13)17-12(11)18/h3-4,8-15,18H,2,5-7H2,1H3/b4-3+/t8-,9-,10+,11-,12+/m1/s1. The molecule has 6 heteroatoms. The van der Waals surface area contributed by atoms with Gasteiger partial charge in [0.1, 0.15) is 29.9 Å². The van der Waals surface area contributed by atoms with E-state index in [4.69, 9.17) is 14.6 Å². The van der Waals surface area contributed by atoms with E-state index in [9.17, 15) is 10.2 Å². The van der Waals surface area contributed by atoms with E-state index in [-0.39, 0.29) is 6.61 Å². The molecule has 0 aromatic rings. The van der Waals surface area contributed by atoms with Crippen molar-refractivity contribution in [2.45, 2.75) is 49.6 Å². The molecule has 5 atom stereocenters. The van der Waals surface area contributed by atoms with Gasteiger partial charge in [0, 0.05) is 0 Å². The molecule has 1 aliphatic heterocycles. The van der Waals surface area contributed by atoms with Gasteiger partial charge in [-0.2, -0.15) is 0 Å². The third-order valence-corrected chi connectivity index (χ3v) is 3.26. The van der Waals surface area contributed by atoms with Crippen LogP contribution < -0.4 is 0 Å². The van der Waals surface area contributed by atoms with Crippen LogP contribution in [0.1, 0.15) is 19.8 Å². The molecule has 0 aliphatic carbocycles. The van der Waals surface area contributed by atoms with Crippen molar-refractivity contribution in [3.63, 3.8) is 0 Å². The fourth-order valence-electron chi connectivity index (χ4n) is 1.81. The Hall–Kier alpha value is -0.110. The summed E-state index contributed by atoms with van der Waals surface area (Å²) in [7, 11) is 0. The highest BCUT2D eigenvalue weighted by molar-refractivity contribution is 7.80. The van der Waals surface area contributed by atoms with Crippen molar-refractivity contribution >= 4 is 12.6 Å². The molecule has 0 aromatic carbocycles. The minimum atomic E-state index is -1.16. The number of hydrogen-bond donors (Lipinski definition) is 4. The summed E-state index contributed by atoms with van der Waals surface area (Å²) >= 11 is 4.17. The summed E-state index contributed by atoms with van der Waals surface area (Å²) in [5.74, 6) is 0. The molecule has 106 valence electrons. The van der Waals surface area contributed by atoms with Crippen LogP contribution in [0.2, 0.25) is 0 Å². The van der Waals surface area contributed by atoms with Crippen molar-refractivity contribution in [1.82, 2.24) is 0 Å². The minimum Gasteiger partial charge on any atom is -0.394 e. The van der Waals surface area contributed by atoms with Crippen molar-refractivity contribution < 1.29 is 24.8 Å². The summed E-state index contributed by atoms with van der Waals surface area (Å²) in [5, 5.41) is 28.6. The first kappa shape index (κ1) is 15.9. The second-order valence-corrected chi connectivity index (χ2v) is 4.74. The van der Waals surface area contributed by atoms with E-state index in [1.54, 1.807) is 0 Å². The van der Waals surface area contributed by atoms with Gasteiger partial charge in [0.2, 0.25) is 0 Å². The third kappa shape index (κ3) is 4.22. The Labute approximate surface area is 113 Å². The maximum absolute atomic E-state index is 9.88. The average molecular weight is 278 g/mol. The van der Waals surface area contributed by atoms with Gasteiger partial charge < -0.3 is 24.8 Å². The summed E-state index contributed by atoms with van der Waals surface area (Å²) < 4.78 is 10.7. The second kappa shape index (κ2) is 8.14. The van der Waals surface area contributed by atoms with Crippen LogP contribution in [-0.4, -0.2) is 58.4 Å². The molecular formula is C12H22O5S. The van der Waals surface area contributed by atoms with Crippen LogP contribution in [-0.2, 0) is 9.47 Å². The van der Waals surface area contributed by atoms with Crippen LogP contribution in [0.3, 0.4) is 0 Å². The lowest BCUT2D eigenvalue weighted by atomic mass is 10.0. The molecule has 0 amide bonds. The highest BCUT2D eigenvalue weighted by Crippen LogP contribution is 2.25. The number of hydrogen-bond acceptors (Lipinski definition) is 6. The first-order chi connectivity index (χ1) is 8.61. The highest BCUT2D eigenvalue weighted by Gasteiger charge is 2.43. The maximum Gasteiger partial charge on any atom is 0.129 e. The average Bonchev–Trinajstić information content (AvgIpc) is 2.37. The largest absolute Gasteiger partial charge is 0.394 e. The van der Waals surface area contributed by atoms with E-state index in [1.807, 2.05) is 19.1 Å². The van der Waals surface area contributed by atoms with Gasteiger partial charge in [-0.15, -0.1) is 12.6 Å². The van der Waals surface area contributed by atoms with Gasteiger partial charge in [-0.25, -0.2) is 0 Å². The van der Waals surface area contributed by atoms with Gasteiger partial charge in [-0.3, -0.25) is 0 Å². The predicted molar refractivity (Wildman–Crippen MR) is 70.5 cm³/mol. The molecule has 1 aliphatic rings. The smallest absolute Gasteiger partial charge is 0.129 e. The van der Waals surface area contributed by atoms with Crippen LogP contribution >= 0.6 is 12.6 Å². The molecule has 5 nitrogen and oxygen atoms in total. The van der Waals surface area contributed by atoms with Crippen molar-refractivity contribution in [3.8, 4) is 0 Å². The minimum absolute atomic E-state index is 0.360. The van der Waals surface area contributed by atoms with E-state index >= 15 is 0 Å². The van der Waals surface area contributed by atoms with E-state index in [2.05, 4.69) is 12.6 Å². The van der Waals surface area contributed by atoms with E-state index in [0.29, 0.717) is 6.61 Å². The Bertz CT molecular complexity index is 261. The van der Waals surface area contributed by atoms with Crippen molar-refractivity contribution in [1.29, 1.82) is 0 Å². The molecule has 1 saturated heterocycles. The first-order valence-electron chi connectivity index (χ1n) is 6.19. The van der Waals surface area contributed by atoms with Crippen LogP contribution in [0, 0.1) is 0 Å². The van der Waals surface area contributed by atoms with Gasteiger partial charge in [-0.05, 0) is 12.8 Å². The molecule has 0 spiro atoms. The maximum atomic E-state index is 9.88. The molecule has 0 radical (unpaired) electrons. The van der Waals surface area contributed by atoms with Gasteiger partial charge in [-0.1, -0.05) is 19.1 Å². The van der Waals surface area contributed by atoms with Crippen molar-refractivity contribution in [2.75, 3.05) is 13.2 Å². The molecule has 0 saturated carbocycles. The zero-order valence-corrected chi connectivity index (χ0v) is 11.4. The SMILES string of the molecule is CC/C=C/CCO[C@@H]1[C@@H](O)[C@H](O)[C@@H](CO)O[C@H]1S. The summed E-state index contributed by atoms with van der Waals surface area (Å²) in [5.41, 5.74) is -0.657. The summed E-state index contributed by atoms with van der Waals surface area (Å²) in [6.45, 7) is 2.11. The Balaban J connectivity index is 2.42. The van der Waals surface area contributed by atoms with Gasteiger partial charge in [0.05, 0.1) is 13.2 Å². The Kier molecular flexibility index (Phi) is 7.21. The summed E-state index contributed by atoms with van der Waals surface area (Å²) in [4.78, 5) is 0. The first-order valence-corrected chi connectivity index (χ1v) is 6.70. The zero-order chi connectivity index (χ0) is 13.5. The number of allylic oxidation sites excluding steroid dienone is 1. The topological polar surface area (TPSA) is 79.2 Å². The fraction of sp³-hybridized carbons (Fsp3) is 0.833. The Morgan fingerprint density at radius 3 is 2.61 bits per heavy atom. The molecule has 18 heavy (non-hydrogen) atoms. The lowest BCUT2D eigenvalue weighted by Gasteiger charge is -2.40. The molecule has 1 fully saturated rings. The molecule has 3 N–H and O–H groups in total. The second-order valence-electron chi connectivity index (χ2n) is 4.23. The van der Waals surface area contributed by atoms with E-state index in [1.165, 1.54) is 0 Å². The van der Waals surface area contributed by atoms with Gasteiger partial charge >= 0.3 is 0 Å². The highest BCUT2D eigenvalue weighted by atomic mass is 32.1. The Morgan fingerprint density at radius 1 is 1.28 bits per heavy atom. The van der Waals surface area contributed by atoms with Crippen LogP contribution in [0.25, 0.3) is 0 Å². The lowest BCUT2D eigenvalue weighted by Crippen LogP contribution is -2.57. The van der Waals surface area contributed by atoms with Gasteiger partial charge in [0.25, 0.3) is 0 Å². The molecule has 0 bridgehead atoms. The van der Waals surface area contributed by atoms with Crippen LogP contribution in [0.5, 0.6) is 0 Å². The number of ether oxygens (including phenoxy) is 2. The third-order valence-electron chi connectivity index (χ3n) is 2.84. The molecular weight excluding hydrogens is 256 g/mol. The number of aliphatic hydroxyl groups is 3. The van der Waals surface area contributed by atoms with E-state index in [0.717, 1.165) is 12.8 Å². The van der Waals surface area contributed by atoms with Gasteiger partial charge in [0.15, 0.2) is 0 Å². The summed E-state index contributed by atoms with van der Waals surface area (Å²) in [6, 6.07) is 0. The fourth-order valence-corrected chi connectivity index (χ4v) is 2.23. The predicted octanol–water partition coefficient (Wildman–Crippen LogP) is 0.0967. The summed E-state index contributed by atoms with van der Waals surface area (Å²) in [6.07, 6.45) is 1.97. The normalized spacial score (nSPS) is 37.3. The zero-order valence-electron chi connectivity index (χ0n) is 10.5. The van der Waals surface area contributed by atoms with Crippen LogP contribution in [0.15, 0.2) is 12.2 Å². The molecule has 1 heterocycles. The molecule has 0 aromatic heterocycles. The molecule has 0 unspecified atom stereocenters. The molecule has 1 rings (SSSR count). The Morgan fingerprint density at radius 2 is 2.00 bits per heavy atom. The van der Waals surface area contributed by atoms with E-state index < -0.39 is 29.9 Å². The monoisotopic (exact) mass is 278 g/mol. The lowest BCUT2D eigenvalue weighted by molar-refractivity contribution is -0.217. The number of rotatable bonds is 6. The van der Waals surface area contributed by atoms with Crippen molar-refractivity contribution in [2.24, 2.45) is 0 Å².